The molecule has 0 aliphatic carbocycles. The Hall–Kier alpha value is -2.55. The molecule has 1 aromatic heterocycles. The predicted molar refractivity (Wildman–Crippen MR) is 82.2 cm³/mol. The summed E-state index contributed by atoms with van der Waals surface area (Å²) in [7, 11) is 0. The van der Waals surface area contributed by atoms with Gasteiger partial charge in [0.15, 0.2) is 0 Å². The van der Waals surface area contributed by atoms with Crippen LogP contribution in [-0.4, -0.2) is 10.9 Å². The van der Waals surface area contributed by atoms with Crippen LogP contribution in [0.5, 0.6) is 0 Å². The molecule has 0 aliphatic rings. The molecule has 0 fully saturated rings. The first-order chi connectivity index (χ1) is 9.65. The molecule has 0 atom stereocenters. The van der Waals surface area contributed by atoms with Gasteiger partial charge in [-0.05, 0) is 55.3 Å². The summed E-state index contributed by atoms with van der Waals surface area (Å²) in [6.45, 7) is 4.05. The molecular formula is C17H16N2O. The molecular weight excluding hydrogens is 248 g/mol. The van der Waals surface area contributed by atoms with E-state index in [1.807, 2.05) is 62.5 Å². The average molecular weight is 264 g/mol. The van der Waals surface area contributed by atoms with E-state index in [9.17, 15) is 4.79 Å². The highest BCUT2D eigenvalue weighted by atomic mass is 16.1. The largest absolute Gasteiger partial charge is 0.361 e. The fourth-order valence-electron chi connectivity index (χ4n) is 2.28. The van der Waals surface area contributed by atoms with Gasteiger partial charge in [-0.1, -0.05) is 12.1 Å². The number of aromatic nitrogens is 1. The van der Waals surface area contributed by atoms with Crippen LogP contribution in [0.3, 0.4) is 0 Å². The molecule has 2 aromatic carbocycles. The molecule has 100 valence electrons. The first kappa shape index (κ1) is 12.5. The molecule has 0 saturated heterocycles. The van der Waals surface area contributed by atoms with E-state index in [-0.39, 0.29) is 5.91 Å². The number of hydrogen-bond acceptors (Lipinski definition) is 1. The Bertz CT molecular complexity index is 787. The van der Waals surface area contributed by atoms with E-state index in [4.69, 9.17) is 0 Å². The van der Waals surface area contributed by atoms with Gasteiger partial charge in [-0.25, -0.2) is 0 Å². The lowest BCUT2D eigenvalue weighted by molar-refractivity contribution is 0.102. The van der Waals surface area contributed by atoms with Gasteiger partial charge in [0, 0.05) is 28.4 Å². The SMILES string of the molecule is Cc1cccc(NC(=O)c2ccc3[nH]ccc3c2)c1C. The second-order valence-corrected chi connectivity index (χ2v) is 4.98. The van der Waals surface area contributed by atoms with Crippen LogP contribution in [0.15, 0.2) is 48.7 Å². The van der Waals surface area contributed by atoms with Crippen LogP contribution in [0.4, 0.5) is 5.69 Å². The summed E-state index contributed by atoms with van der Waals surface area (Å²) in [5.41, 5.74) is 4.84. The molecule has 3 rings (SSSR count). The van der Waals surface area contributed by atoms with Crippen molar-refractivity contribution in [1.29, 1.82) is 0 Å². The van der Waals surface area contributed by atoms with Crippen molar-refractivity contribution in [3.05, 3.63) is 65.4 Å². The van der Waals surface area contributed by atoms with Crippen molar-refractivity contribution in [2.24, 2.45) is 0 Å². The highest BCUT2D eigenvalue weighted by molar-refractivity contribution is 6.06. The van der Waals surface area contributed by atoms with Crippen LogP contribution in [0.25, 0.3) is 10.9 Å². The van der Waals surface area contributed by atoms with Crippen LogP contribution in [0.2, 0.25) is 0 Å². The first-order valence-corrected chi connectivity index (χ1v) is 6.60. The van der Waals surface area contributed by atoms with Gasteiger partial charge >= 0.3 is 0 Å². The highest BCUT2D eigenvalue weighted by Crippen LogP contribution is 2.20. The van der Waals surface area contributed by atoms with Gasteiger partial charge < -0.3 is 10.3 Å². The van der Waals surface area contributed by atoms with Gasteiger partial charge in [0.05, 0.1) is 0 Å². The maximum absolute atomic E-state index is 12.3. The van der Waals surface area contributed by atoms with Crippen LogP contribution < -0.4 is 5.32 Å². The Kier molecular flexibility index (Phi) is 3.03. The van der Waals surface area contributed by atoms with Gasteiger partial charge in [-0.15, -0.1) is 0 Å². The van der Waals surface area contributed by atoms with E-state index in [0.29, 0.717) is 5.56 Å². The molecule has 0 saturated carbocycles. The molecule has 0 aliphatic heterocycles. The third kappa shape index (κ3) is 2.18. The molecule has 0 spiro atoms. The zero-order valence-corrected chi connectivity index (χ0v) is 11.5. The summed E-state index contributed by atoms with van der Waals surface area (Å²) in [6.07, 6.45) is 1.87. The Labute approximate surface area is 117 Å². The Morgan fingerprint density at radius 3 is 2.80 bits per heavy atom. The topological polar surface area (TPSA) is 44.9 Å². The summed E-state index contributed by atoms with van der Waals surface area (Å²) in [5.74, 6) is -0.0817. The Morgan fingerprint density at radius 2 is 1.95 bits per heavy atom. The minimum Gasteiger partial charge on any atom is -0.361 e. The molecule has 3 nitrogen and oxygen atoms in total. The van der Waals surface area contributed by atoms with Gasteiger partial charge in [-0.3, -0.25) is 4.79 Å². The summed E-state index contributed by atoms with van der Waals surface area (Å²) in [6, 6.07) is 13.5. The van der Waals surface area contributed by atoms with Crippen molar-refractivity contribution in [2.75, 3.05) is 5.32 Å². The standard InChI is InChI=1S/C17H16N2O/c1-11-4-3-5-15(12(11)2)19-17(20)14-6-7-16-13(10-14)8-9-18-16/h3-10,18H,1-2H3,(H,19,20). The van der Waals surface area contributed by atoms with Crippen molar-refractivity contribution >= 4 is 22.5 Å². The van der Waals surface area contributed by atoms with Gasteiger partial charge in [0.2, 0.25) is 0 Å². The molecule has 20 heavy (non-hydrogen) atoms. The van der Waals surface area contributed by atoms with Gasteiger partial charge in [0.1, 0.15) is 0 Å². The maximum atomic E-state index is 12.3. The third-order valence-corrected chi connectivity index (χ3v) is 3.67. The monoisotopic (exact) mass is 264 g/mol. The molecule has 0 bridgehead atoms. The number of rotatable bonds is 2. The molecule has 3 heteroatoms. The summed E-state index contributed by atoms with van der Waals surface area (Å²) in [5, 5.41) is 4.02. The number of benzene rings is 2. The predicted octanol–water partition coefficient (Wildman–Crippen LogP) is 4.04. The lowest BCUT2D eigenvalue weighted by Gasteiger charge is -2.10. The number of amides is 1. The van der Waals surface area contributed by atoms with E-state index in [1.54, 1.807) is 0 Å². The highest BCUT2D eigenvalue weighted by Gasteiger charge is 2.09. The second kappa shape index (κ2) is 4.85. The van der Waals surface area contributed by atoms with E-state index in [1.165, 1.54) is 5.56 Å². The maximum Gasteiger partial charge on any atom is 0.255 e. The quantitative estimate of drug-likeness (QED) is 0.721. The van der Waals surface area contributed by atoms with E-state index < -0.39 is 0 Å². The average Bonchev–Trinajstić information content (AvgIpc) is 2.91. The number of aryl methyl sites for hydroxylation is 1. The third-order valence-electron chi connectivity index (χ3n) is 3.67. The summed E-state index contributed by atoms with van der Waals surface area (Å²) in [4.78, 5) is 15.4. The summed E-state index contributed by atoms with van der Waals surface area (Å²) < 4.78 is 0. The minimum atomic E-state index is -0.0817. The van der Waals surface area contributed by atoms with Crippen LogP contribution in [-0.2, 0) is 0 Å². The molecule has 3 aromatic rings. The molecule has 0 radical (unpaired) electrons. The lowest BCUT2D eigenvalue weighted by atomic mass is 10.1. The number of carbonyl (C=O) groups is 1. The number of nitrogens with one attached hydrogen (secondary N) is 2. The Balaban J connectivity index is 1.90. The van der Waals surface area contributed by atoms with Crippen LogP contribution >= 0.6 is 0 Å². The van der Waals surface area contributed by atoms with E-state index >= 15 is 0 Å². The molecule has 0 unspecified atom stereocenters. The molecule has 1 amide bonds. The number of carbonyl (C=O) groups excluding carboxylic acids is 1. The number of fused-ring (bicyclic) bond motifs is 1. The fraction of sp³-hybridized carbons (Fsp3) is 0.118. The smallest absolute Gasteiger partial charge is 0.255 e. The minimum absolute atomic E-state index is 0.0817. The number of hydrogen-bond donors (Lipinski definition) is 2. The second-order valence-electron chi connectivity index (χ2n) is 4.98. The Morgan fingerprint density at radius 1 is 1.10 bits per heavy atom. The van der Waals surface area contributed by atoms with Crippen molar-refractivity contribution in [3.63, 3.8) is 0 Å². The van der Waals surface area contributed by atoms with Crippen molar-refractivity contribution in [2.45, 2.75) is 13.8 Å². The number of anilines is 1. The van der Waals surface area contributed by atoms with E-state index in [2.05, 4.69) is 10.3 Å². The van der Waals surface area contributed by atoms with Gasteiger partial charge in [0.25, 0.3) is 5.91 Å². The van der Waals surface area contributed by atoms with Crippen LogP contribution in [0, 0.1) is 13.8 Å². The lowest BCUT2D eigenvalue weighted by Crippen LogP contribution is -2.12. The zero-order valence-electron chi connectivity index (χ0n) is 11.5. The fourth-order valence-corrected chi connectivity index (χ4v) is 2.28. The van der Waals surface area contributed by atoms with Crippen molar-refractivity contribution < 1.29 is 4.79 Å². The number of H-pyrrole nitrogens is 1. The van der Waals surface area contributed by atoms with E-state index in [0.717, 1.165) is 22.2 Å². The van der Waals surface area contributed by atoms with Crippen LogP contribution in [0.1, 0.15) is 21.5 Å². The molecule has 2 N–H and O–H groups in total. The normalized spacial score (nSPS) is 10.7. The first-order valence-electron chi connectivity index (χ1n) is 6.60. The zero-order chi connectivity index (χ0) is 14.1. The van der Waals surface area contributed by atoms with Gasteiger partial charge in [-0.2, -0.15) is 0 Å². The van der Waals surface area contributed by atoms with Crippen molar-refractivity contribution in [1.82, 2.24) is 4.98 Å². The molecule has 1 heterocycles. The number of aromatic amines is 1. The summed E-state index contributed by atoms with van der Waals surface area (Å²) >= 11 is 0. The van der Waals surface area contributed by atoms with Crippen molar-refractivity contribution in [3.8, 4) is 0 Å².